The van der Waals surface area contributed by atoms with Crippen molar-refractivity contribution in [1.29, 1.82) is 0 Å². The number of aromatic nitrogens is 5. The summed E-state index contributed by atoms with van der Waals surface area (Å²) in [6.45, 7) is 12.0. The molecule has 1 saturated heterocycles. The van der Waals surface area contributed by atoms with Crippen LogP contribution in [0.25, 0.3) is 16.7 Å². The van der Waals surface area contributed by atoms with Crippen molar-refractivity contribution in [2.24, 2.45) is 0 Å². The van der Waals surface area contributed by atoms with Crippen LogP contribution >= 0.6 is 0 Å². The number of rotatable bonds is 3. The Hall–Kier alpha value is -3.15. The maximum atomic E-state index is 5.09. The number of aromatic amines is 1. The van der Waals surface area contributed by atoms with E-state index in [1.807, 2.05) is 6.07 Å². The smallest absolute Gasteiger partial charge is 0.132 e. The van der Waals surface area contributed by atoms with Gasteiger partial charge in [-0.3, -0.25) is 0 Å². The normalized spacial score (nSPS) is 19.5. The third kappa shape index (κ3) is 3.30. The summed E-state index contributed by atoms with van der Waals surface area (Å²) in [7, 11) is 0. The van der Waals surface area contributed by atoms with E-state index < -0.39 is 0 Å². The number of imidazole rings is 1. The molecule has 2 aromatic carbocycles. The number of anilines is 1. The maximum Gasteiger partial charge on any atom is 0.132 e. The first kappa shape index (κ1) is 19.8. The molecule has 2 aromatic heterocycles. The predicted octanol–water partition coefficient (Wildman–Crippen LogP) is 5.07. The molecule has 159 valence electrons. The van der Waals surface area contributed by atoms with Crippen LogP contribution in [0.1, 0.15) is 57.5 Å². The molecule has 0 bridgehead atoms. The average molecular weight is 414 g/mol. The van der Waals surface area contributed by atoms with Gasteiger partial charge >= 0.3 is 0 Å². The molecule has 6 heteroatoms. The van der Waals surface area contributed by atoms with E-state index in [0.717, 1.165) is 47.6 Å². The lowest BCUT2D eigenvalue weighted by Gasteiger charge is -2.36. The second-order valence-corrected chi connectivity index (χ2v) is 9.83. The van der Waals surface area contributed by atoms with Gasteiger partial charge in [0.05, 0.1) is 34.7 Å². The van der Waals surface area contributed by atoms with Gasteiger partial charge in [-0.05, 0) is 67.5 Å². The van der Waals surface area contributed by atoms with Gasteiger partial charge in [0.1, 0.15) is 11.5 Å². The zero-order valence-corrected chi connectivity index (χ0v) is 18.9. The van der Waals surface area contributed by atoms with Crippen molar-refractivity contribution in [1.82, 2.24) is 25.0 Å². The highest BCUT2D eigenvalue weighted by Crippen LogP contribution is 2.43. The summed E-state index contributed by atoms with van der Waals surface area (Å²) in [5.74, 6) is 1.01. The fourth-order valence-electron chi connectivity index (χ4n) is 4.60. The average Bonchev–Trinajstić information content (AvgIpc) is 3.46. The molecule has 1 aliphatic heterocycles. The number of H-pyrrole nitrogens is 1. The maximum absolute atomic E-state index is 5.09. The van der Waals surface area contributed by atoms with Crippen molar-refractivity contribution < 1.29 is 0 Å². The van der Waals surface area contributed by atoms with Crippen LogP contribution in [-0.4, -0.2) is 31.5 Å². The molecule has 1 N–H and O–H groups in total. The van der Waals surface area contributed by atoms with Crippen molar-refractivity contribution in [3.63, 3.8) is 0 Å². The van der Waals surface area contributed by atoms with E-state index in [0.29, 0.717) is 0 Å². The standard InChI is InChI=1S/C25H29N6/c1-17-7-10-21(31-26-12-13-27-31)22(15-17)30-14-6-11-25(30,5)23-28-19-9-8-18(24(2,3)4)16-20(19)29-23/h7-9,12-13,15-16H,6,11,14H2,1-5H3,(H,28,29)/t25-/m0/s1. The largest absolute Gasteiger partial charge is 0.357 e. The minimum absolute atomic E-state index is 0.0969. The Kier molecular flexibility index (Phi) is 4.43. The third-order valence-corrected chi connectivity index (χ3v) is 6.45. The molecule has 4 aromatic rings. The number of fused-ring (bicyclic) bond motifs is 1. The van der Waals surface area contributed by atoms with E-state index in [1.54, 1.807) is 17.2 Å². The van der Waals surface area contributed by atoms with Gasteiger partial charge in [-0.2, -0.15) is 10.2 Å². The summed E-state index contributed by atoms with van der Waals surface area (Å²) in [6, 6.07) is 14.2. The highest BCUT2D eigenvalue weighted by molar-refractivity contribution is 5.77. The Morgan fingerprint density at radius 2 is 1.90 bits per heavy atom. The third-order valence-electron chi connectivity index (χ3n) is 6.45. The van der Waals surface area contributed by atoms with Crippen molar-refractivity contribution in [3.05, 3.63) is 65.7 Å². The van der Waals surface area contributed by atoms with Crippen LogP contribution in [0.2, 0.25) is 0 Å². The van der Waals surface area contributed by atoms with E-state index in [1.165, 1.54) is 11.1 Å². The molecule has 0 saturated carbocycles. The molecule has 6 nitrogen and oxygen atoms in total. The van der Waals surface area contributed by atoms with E-state index in [4.69, 9.17) is 4.98 Å². The molecule has 1 atom stereocenters. The molecular formula is C25H29N6. The number of benzene rings is 2. The van der Waals surface area contributed by atoms with Crippen LogP contribution in [0.15, 0.2) is 42.7 Å². The van der Waals surface area contributed by atoms with Crippen LogP contribution < -0.4 is 4.90 Å². The molecule has 5 rings (SSSR count). The Bertz CT molecular complexity index is 1230. The van der Waals surface area contributed by atoms with Crippen molar-refractivity contribution in [3.8, 4) is 5.69 Å². The van der Waals surface area contributed by atoms with E-state index >= 15 is 0 Å². The van der Waals surface area contributed by atoms with E-state index in [9.17, 15) is 0 Å². The fraction of sp³-hybridized carbons (Fsp3) is 0.400. The minimum Gasteiger partial charge on any atom is -0.357 e. The molecule has 0 amide bonds. The molecule has 0 spiro atoms. The molecule has 0 aliphatic carbocycles. The van der Waals surface area contributed by atoms with Gasteiger partial charge in [0.15, 0.2) is 0 Å². The van der Waals surface area contributed by atoms with E-state index in [-0.39, 0.29) is 11.0 Å². The van der Waals surface area contributed by atoms with Gasteiger partial charge in [-0.1, -0.05) is 26.8 Å². The number of hydrogen-bond acceptors (Lipinski definition) is 4. The van der Waals surface area contributed by atoms with Crippen molar-refractivity contribution in [2.45, 2.75) is 58.4 Å². The summed E-state index contributed by atoms with van der Waals surface area (Å²) in [5, 5.41) is 8.72. The molecule has 1 aliphatic rings. The molecule has 1 radical (unpaired) electrons. The lowest BCUT2D eigenvalue weighted by Crippen LogP contribution is -2.40. The topological polar surface area (TPSA) is 62.6 Å². The Morgan fingerprint density at radius 3 is 2.65 bits per heavy atom. The van der Waals surface area contributed by atoms with Crippen LogP contribution in [0.5, 0.6) is 0 Å². The number of aryl methyl sites for hydroxylation is 1. The summed E-state index contributed by atoms with van der Waals surface area (Å²) in [4.78, 5) is 12.8. The van der Waals surface area contributed by atoms with Crippen molar-refractivity contribution >= 4 is 16.7 Å². The summed E-state index contributed by atoms with van der Waals surface area (Å²) in [5.41, 5.74) is 6.39. The summed E-state index contributed by atoms with van der Waals surface area (Å²) < 4.78 is 0. The van der Waals surface area contributed by atoms with Gasteiger partial charge < -0.3 is 9.88 Å². The number of nitrogens with one attached hydrogen (secondary N) is 1. The molecular weight excluding hydrogens is 384 g/mol. The number of hydrogen-bond donors (Lipinski definition) is 1. The predicted molar refractivity (Wildman–Crippen MR) is 124 cm³/mol. The lowest BCUT2D eigenvalue weighted by molar-refractivity contribution is 0.466. The SMILES string of the molecule is Cc1c[c]c(-n2nccn2)c(N2CCC[C@@]2(C)c2nc3cc(C(C)(C)C)ccc3[nH]2)c1. The quantitative estimate of drug-likeness (QED) is 0.510. The van der Waals surface area contributed by atoms with Crippen LogP contribution in [0.3, 0.4) is 0 Å². The first-order valence-corrected chi connectivity index (χ1v) is 10.9. The monoisotopic (exact) mass is 413 g/mol. The van der Waals surface area contributed by atoms with Gasteiger partial charge in [-0.25, -0.2) is 4.98 Å². The minimum atomic E-state index is -0.246. The highest BCUT2D eigenvalue weighted by atomic mass is 15.5. The molecule has 3 heterocycles. The zero-order valence-electron chi connectivity index (χ0n) is 18.9. The van der Waals surface area contributed by atoms with Gasteiger partial charge in [0, 0.05) is 12.6 Å². The first-order chi connectivity index (χ1) is 14.8. The van der Waals surface area contributed by atoms with Crippen LogP contribution in [-0.2, 0) is 11.0 Å². The molecule has 1 fully saturated rings. The molecule has 0 unspecified atom stereocenters. The lowest BCUT2D eigenvalue weighted by atomic mass is 9.87. The Balaban J connectivity index is 1.61. The first-order valence-electron chi connectivity index (χ1n) is 10.9. The zero-order chi connectivity index (χ0) is 21.8. The second kappa shape index (κ2) is 6.94. The van der Waals surface area contributed by atoms with Crippen LogP contribution in [0.4, 0.5) is 5.69 Å². The Morgan fingerprint density at radius 1 is 1.13 bits per heavy atom. The second-order valence-electron chi connectivity index (χ2n) is 9.83. The Labute approximate surface area is 183 Å². The summed E-state index contributed by atoms with van der Waals surface area (Å²) in [6.07, 6.45) is 5.53. The fourth-order valence-corrected chi connectivity index (χ4v) is 4.60. The number of nitrogens with zero attached hydrogens (tertiary/aromatic N) is 5. The van der Waals surface area contributed by atoms with Crippen molar-refractivity contribution in [2.75, 3.05) is 11.4 Å². The highest BCUT2D eigenvalue weighted by Gasteiger charge is 2.42. The summed E-state index contributed by atoms with van der Waals surface area (Å²) >= 11 is 0. The van der Waals surface area contributed by atoms with Gasteiger partial charge in [0.2, 0.25) is 0 Å². The van der Waals surface area contributed by atoms with Gasteiger partial charge in [-0.15, -0.1) is 4.80 Å². The van der Waals surface area contributed by atoms with Crippen LogP contribution in [0, 0.1) is 13.0 Å². The van der Waals surface area contributed by atoms with E-state index in [2.05, 4.69) is 85.0 Å². The molecule has 31 heavy (non-hydrogen) atoms. The van der Waals surface area contributed by atoms with Gasteiger partial charge in [0.25, 0.3) is 0 Å².